The van der Waals surface area contributed by atoms with Gasteiger partial charge in [0.25, 0.3) is 0 Å². The molecule has 1 atom stereocenters. The quantitative estimate of drug-likeness (QED) is 0.669. The van der Waals surface area contributed by atoms with Gasteiger partial charge in [0, 0.05) is 0 Å². The molecule has 0 bridgehead atoms. The maximum absolute atomic E-state index is 12.8. The first-order chi connectivity index (χ1) is 9.58. The number of aliphatic hydroxyl groups is 1. The van der Waals surface area contributed by atoms with Gasteiger partial charge in [-0.25, -0.2) is 4.79 Å². The molecule has 0 aliphatic carbocycles. The number of aliphatic hydroxyl groups excluding tert-OH is 1. The van der Waals surface area contributed by atoms with Crippen LogP contribution < -0.4 is 0 Å². The Balaban J connectivity index is 2.80. The third-order valence-electron chi connectivity index (χ3n) is 2.67. The molecule has 1 N–H and O–H groups in total. The summed E-state index contributed by atoms with van der Waals surface area (Å²) >= 11 is 0. The molecule has 1 rings (SSSR count). The highest BCUT2D eigenvalue weighted by Crippen LogP contribution is 2.41. The third kappa shape index (κ3) is 4.38. The summed E-state index contributed by atoms with van der Waals surface area (Å²) in [4.78, 5) is 11.3. The van der Waals surface area contributed by atoms with Crippen molar-refractivity contribution >= 4 is 5.97 Å². The molecule has 0 aliphatic heterocycles. The van der Waals surface area contributed by atoms with Crippen molar-refractivity contribution in [2.24, 2.45) is 0 Å². The second-order valence-electron chi connectivity index (χ2n) is 4.26. The normalized spacial score (nSPS) is 13.9. The highest BCUT2D eigenvalue weighted by atomic mass is 19.4. The van der Waals surface area contributed by atoms with Crippen LogP contribution >= 0.6 is 0 Å². The van der Waals surface area contributed by atoms with Gasteiger partial charge in [0.05, 0.1) is 24.7 Å². The summed E-state index contributed by atoms with van der Waals surface area (Å²) in [6.45, 7) is 1.73. The van der Waals surface area contributed by atoms with E-state index in [-0.39, 0.29) is 17.7 Å². The van der Waals surface area contributed by atoms with Gasteiger partial charge in [-0.2, -0.15) is 22.0 Å². The van der Waals surface area contributed by atoms with Gasteiger partial charge >= 0.3 is 18.1 Å². The Bertz CT molecular complexity index is 482. The Hall–Kier alpha value is -1.70. The number of hydrogen-bond acceptors (Lipinski definition) is 3. The molecule has 0 radical (unpaired) electrons. The minimum absolute atomic E-state index is 0.107. The molecule has 21 heavy (non-hydrogen) atoms. The van der Waals surface area contributed by atoms with Gasteiger partial charge in [-0.1, -0.05) is 12.1 Å². The van der Waals surface area contributed by atoms with Gasteiger partial charge in [0.1, 0.15) is 0 Å². The number of ether oxygens (including phenoxy) is 1. The van der Waals surface area contributed by atoms with E-state index in [1.807, 2.05) is 0 Å². The lowest BCUT2D eigenvalue weighted by Crippen LogP contribution is -2.37. The monoisotopic (exact) mass is 312 g/mol. The SMILES string of the molecule is CCOC(=O)c1ccc(C(O)CC(F)(F)C(F)(F)F)cc1. The third-order valence-corrected chi connectivity index (χ3v) is 2.67. The molecule has 118 valence electrons. The van der Waals surface area contributed by atoms with Gasteiger partial charge in [-0.05, 0) is 24.6 Å². The predicted molar refractivity (Wildman–Crippen MR) is 63.0 cm³/mol. The number of carbonyl (C=O) groups is 1. The van der Waals surface area contributed by atoms with Crippen LogP contribution in [-0.2, 0) is 4.74 Å². The van der Waals surface area contributed by atoms with Gasteiger partial charge < -0.3 is 9.84 Å². The van der Waals surface area contributed by atoms with E-state index in [1.54, 1.807) is 6.92 Å². The van der Waals surface area contributed by atoms with Crippen LogP contribution in [0, 0.1) is 0 Å². The van der Waals surface area contributed by atoms with Gasteiger partial charge in [-0.3, -0.25) is 0 Å². The van der Waals surface area contributed by atoms with E-state index in [0.717, 1.165) is 12.1 Å². The average molecular weight is 312 g/mol. The number of carbonyl (C=O) groups excluding carboxylic acids is 1. The van der Waals surface area contributed by atoms with Crippen LogP contribution in [-0.4, -0.2) is 29.8 Å². The molecular formula is C13H13F5O3. The Morgan fingerprint density at radius 2 is 1.71 bits per heavy atom. The Morgan fingerprint density at radius 1 is 1.19 bits per heavy atom. The highest BCUT2D eigenvalue weighted by Gasteiger charge is 2.58. The molecule has 0 saturated carbocycles. The van der Waals surface area contributed by atoms with Crippen LogP contribution in [0.1, 0.15) is 35.4 Å². The van der Waals surface area contributed by atoms with E-state index in [9.17, 15) is 31.9 Å². The number of hydrogen-bond donors (Lipinski definition) is 1. The molecule has 1 unspecified atom stereocenters. The summed E-state index contributed by atoms with van der Waals surface area (Å²) in [6.07, 6.45) is -9.51. The average Bonchev–Trinajstić information content (AvgIpc) is 2.37. The largest absolute Gasteiger partial charge is 0.462 e. The minimum Gasteiger partial charge on any atom is -0.462 e. The number of benzene rings is 1. The van der Waals surface area contributed by atoms with Crippen LogP contribution in [0.4, 0.5) is 22.0 Å². The molecule has 0 aromatic heterocycles. The molecule has 3 nitrogen and oxygen atoms in total. The Kier molecular flexibility index (Phi) is 5.27. The van der Waals surface area contributed by atoms with Crippen molar-refractivity contribution < 1.29 is 36.6 Å². The van der Waals surface area contributed by atoms with Crippen LogP contribution in [0.5, 0.6) is 0 Å². The van der Waals surface area contributed by atoms with Crippen molar-refractivity contribution in [3.8, 4) is 0 Å². The van der Waals surface area contributed by atoms with Gasteiger partial charge in [-0.15, -0.1) is 0 Å². The number of alkyl halides is 5. The molecule has 0 amide bonds. The first-order valence-corrected chi connectivity index (χ1v) is 5.98. The second-order valence-corrected chi connectivity index (χ2v) is 4.26. The standard InChI is InChI=1S/C13H13F5O3/c1-2-21-11(20)9-5-3-8(4-6-9)10(19)7-12(14,15)13(16,17)18/h3-6,10,19H,2,7H2,1H3. The summed E-state index contributed by atoms with van der Waals surface area (Å²) in [5.74, 6) is -5.65. The number of halogens is 5. The van der Waals surface area contributed by atoms with Crippen LogP contribution in [0.15, 0.2) is 24.3 Å². The lowest BCUT2D eigenvalue weighted by Gasteiger charge is -2.22. The number of rotatable bonds is 5. The molecule has 1 aromatic rings. The molecule has 8 heteroatoms. The lowest BCUT2D eigenvalue weighted by molar-refractivity contribution is -0.290. The molecule has 0 aliphatic rings. The summed E-state index contributed by atoms with van der Waals surface area (Å²) in [5.41, 5.74) is -0.0395. The fraction of sp³-hybridized carbons (Fsp3) is 0.462. The van der Waals surface area contributed by atoms with Crippen LogP contribution in [0.2, 0.25) is 0 Å². The van der Waals surface area contributed by atoms with Crippen molar-refractivity contribution in [3.05, 3.63) is 35.4 Å². The van der Waals surface area contributed by atoms with Crippen molar-refractivity contribution in [1.82, 2.24) is 0 Å². The fourth-order valence-electron chi connectivity index (χ4n) is 1.53. The van der Waals surface area contributed by atoms with Crippen molar-refractivity contribution in [1.29, 1.82) is 0 Å². The topological polar surface area (TPSA) is 46.5 Å². The van der Waals surface area contributed by atoms with E-state index in [2.05, 4.69) is 4.74 Å². The predicted octanol–water partition coefficient (Wildman–Crippen LogP) is 3.48. The van der Waals surface area contributed by atoms with E-state index < -0.39 is 30.6 Å². The highest BCUT2D eigenvalue weighted by molar-refractivity contribution is 5.89. The molecule has 0 spiro atoms. The van der Waals surface area contributed by atoms with Crippen LogP contribution in [0.25, 0.3) is 0 Å². The summed E-state index contributed by atoms with van der Waals surface area (Å²) in [6, 6.07) is 4.57. The molecule has 0 heterocycles. The van der Waals surface area contributed by atoms with Crippen molar-refractivity contribution in [2.45, 2.75) is 31.5 Å². The van der Waals surface area contributed by atoms with E-state index in [4.69, 9.17) is 0 Å². The maximum atomic E-state index is 12.8. The molecule has 1 aromatic carbocycles. The maximum Gasteiger partial charge on any atom is 0.453 e. The van der Waals surface area contributed by atoms with E-state index in [0.29, 0.717) is 0 Å². The summed E-state index contributed by atoms with van der Waals surface area (Å²) in [7, 11) is 0. The zero-order valence-electron chi connectivity index (χ0n) is 11.0. The molecule has 0 fully saturated rings. The first kappa shape index (κ1) is 17.4. The smallest absolute Gasteiger partial charge is 0.453 e. The second kappa shape index (κ2) is 6.38. The van der Waals surface area contributed by atoms with Crippen molar-refractivity contribution in [3.63, 3.8) is 0 Å². The first-order valence-electron chi connectivity index (χ1n) is 5.98. The molecule has 0 saturated heterocycles. The number of esters is 1. The zero-order chi connectivity index (χ0) is 16.3. The Labute approximate surface area is 117 Å². The lowest BCUT2D eigenvalue weighted by atomic mass is 10.0. The summed E-state index contributed by atoms with van der Waals surface area (Å²) in [5, 5.41) is 9.46. The van der Waals surface area contributed by atoms with E-state index in [1.165, 1.54) is 12.1 Å². The van der Waals surface area contributed by atoms with E-state index >= 15 is 0 Å². The summed E-state index contributed by atoms with van der Waals surface area (Å²) < 4.78 is 66.4. The van der Waals surface area contributed by atoms with Gasteiger partial charge in [0.15, 0.2) is 0 Å². The van der Waals surface area contributed by atoms with Gasteiger partial charge in [0.2, 0.25) is 0 Å². The van der Waals surface area contributed by atoms with Crippen molar-refractivity contribution in [2.75, 3.05) is 6.61 Å². The molecular weight excluding hydrogens is 299 g/mol. The van der Waals surface area contributed by atoms with Crippen LogP contribution in [0.3, 0.4) is 0 Å². The minimum atomic E-state index is -5.72. The zero-order valence-corrected chi connectivity index (χ0v) is 11.0. The Morgan fingerprint density at radius 3 is 2.14 bits per heavy atom. The fourth-order valence-corrected chi connectivity index (χ4v) is 1.53.